The lowest BCUT2D eigenvalue weighted by Gasteiger charge is -2.08. The van der Waals surface area contributed by atoms with Crippen molar-refractivity contribution in [3.63, 3.8) is 0 Å². The third-order valence-electron chi connectivity index (χ3n) is 1.56. The molecule has 0 radical (unpaired) electrons. The van der Waals surface area contributed by atoms with Crippen LogP contribution in [0.5, 0.6) is 0 Å². The minimum absolute atomic E-state index is 0.300. The number of halogens is 1. The number of hydroxylamine groups is 2. The Balaban J connectivity index is 2.47. The molecule has 1 aromatic carbocycles. The summed E-state index contributed by atoms with van der Waals surface area (Å²) < 4.78 is 0. The van der Waals surface area contributed by atoms with Crippen LogP contribution in [0.2, 0.25) is 5.02 Å². The van der Waals surface area contributed by atoms with Crippen molar-refractivity contribution in [1.29, 1.82) is 0 Å². The third kappa shape index (κ3) is 4.01. The standard InChI is InChI=1S/C10H11ClN2O2/c1-7(12-15-13-8(2)14)9-3-5-10(11)6-4-9/h3-6,12H,1H2,2H3,(H,13,14). The van der Waals surface area contributed by atoms with Crippen molar-refractivity contribution in [2.24, 2.45) is 0 Å². The highest BCUT2D eigenvalue weighted by atomic mass is 35.5. The van der Waals surface area contributed by atoms with Gasteiger partial charge in [0.15, 0.2) is 0 Å². The van der Waals surface area contributed by atoms with Crippen LogP contribution in [0.4, 0.5) is 0 Å². The number of carbonyl (C=O) groups excluding carboxylic acids is 1. The molecule has 0 aromatic heterocycles. The van der Waals surface area contributed by atoms with Crippen molar-refractivity contribution in [3.8, 4) is 0 Å². The number of hydrogen-bond acceptors (Lipinski definition) is 3. The minimum Gasteiger partial charge on any atom is -0.273 e. The fourth-order valence-electron chi connectivity index (χ4n) is 0.869. The van der Waals surface area contributed by atoms with Gasteiger partial charge < -0.3 is 0 Å². The zero-order chi connectivity index (χ0) is 11.3. The number of hydrogen-bond donors (Lipinski definition) is 2. The monoisotopic (exact) mass is 226 g/mol. The van der Waals surface area contributed by atoms with Crippen molar-refractivity contribution in [1.82, 2.24) is 11.0 Å². The van der Waals surface area contributed by atoms with Gasteiger partial charge in [-0.3, -0.25) is 4.79 Å². The Kier molecular flexibility index (Phi) is 4.15. The molecule has 0 bridgehead atoms. The number of benzene rings is 1. The largest absolute Gasteiger partial charge is 0.273 e. The molecule has 4 nitrogen and oxygen atoms in total. The SMILES string of the molecule is C=C(NONC(C)=O)c1ccc(Cl)cc1. The van der Waals surface area contributed by atoms with Crippen molar-refractivity contribution >= 4 is 23.2 Å². The van der Waals surface area contributed by atoms with E-state index in [1.54, 1.807) is 24.3 Å². The molecule has 1 amide bonds. The van der Waals surface area contributed by atoms with Crippen LogP contribution < -0.4 is 11.0 Å². The number of rotatable bonds is 4. The zero-order valence-corrected chi connectivity index (χ0v) is 8.97. The number of nitrogens with one attached hydrogen (secondary N) is 2. The third-order valence-corrected chi connectivity index (χ3v) is 1.81. The Hall–Kier alpha value is -1.52. The molecule has 0 atom stereocenters. The minimum atomic E-state index is -0.300. The summed E-state index contributed by atoms with van der Waals surface area (Å²) in [7, 11) is 0. The molecule has 0 heterocycles. The van der Waals surface area contributed by atoms with Crippen molar-refractivity contribution in [2.75, 3.05) is 0 Å². The highest BCUT2D eigenvalue weighted by Gasteiger charge is 1.98. The van der Waals surface area contributed by atoms with Crippen LogP contribution in [-0.4, -0.2) is 5.91 Å². The van der Waals surface area contributed by atoms with Crippen LogP contribution in [0.3, 0.4) is 0 Å². The first-order valence-corrected chi connectivity index (χ1v) is 4.60. The van der Waals surface area contributed by atoms with Crippen LogP contribution in [0.15, 0.2) is 30.8 Å². The fourth-order valence-corrected chi connectivity index (χ4v) is 0.995. The summed E-state index contributed by atoms with van der Waals surface area (Å²) in [4.78, 5) is 15.1. The summed E-state index contributed by atoms with van der Waals surface area (Å²) in [6.45, 7) is 5.06. The molecule has 1 aromatic rings. The molecule has 1 rings (SSSR count). The number of amides is 1. The smallest absolute Gasteiger partial charge is 0.242 e. The second-order valence-electron chi connectivity index (χ2n) is 2.85. The summed E-state index contributed by atoms with van der Waals surface area (Å²) in [6.07, 6.45) is 0. The van der Waals surface area contributed by atoms with Crippen LogP contribution in [0.1, 0.15) is 12.5 Å². The summed E-state index contributed by atoms with van der Waals surface area (Å²) in [6, 6.07) is 7.05. The molecule has 0 saturated carbocycles. The van der Waals surface area contributed by atoms with E-state index in [4.69, 9.17) is 11.6 Å². The molecule has 0 aliphatic rings. The zero-order valence-electron chi connectivity index (χ0n) is 8.21. The highest BCUT2D eigenvalue weighted by Crippen LogP contribution is 2.13. The Morgan fingerprint density at radius 3 is 2.47 bits per heavy atom. The summed E-state index contributed by atoms with van der Waals surface area (Å²) >= 11 is 5.72. The van der Waals surface area contributed by atoms with Gasteiger partial charge in [0.1, 0.15) is 0 Å². The molecule has 5 heteroatoms. The van der Waals surface area contributed by atoms with Crippen LogP contribution in [0, 0.1) is 0 Å². The second-order valence-corrected chi connectivity index (χ2v) is 3.28. The van der Waals surface area contributed by atoms with Gasteiger partial charge >= 0.3 is 0 Å². The summed E-state index contributed by atoms with van der Waals surface area (Å²) in [5.74, 6) is -0.300. The Morgan fingerprint density at radius 2 is 1.93 bits per heavy atom. The van der Waals surface area contributed by atoms with E-state index in [1.165, 1.54) is 6.92 Å². The van der Waals surface area contributed by atoms with Gasteiger partial charge in [-0.2, -0.15) is 4.94 Å². The first-order chi connectivity index (χ1) is 7.09. The van der Waals surface area contributed by atoms with E-state index in [2.05, 4.69) is 22.5 Å². The average molecular weight is 227 g/mol. The quantitative estimate of drug-likeness (QED) is 0.771. The molecule has 15 heavy (non-hydrogen) atoms. The molecule has 0 aliphatic carbocycles. The van der Waals surface area contributed by atoms with Gasteiger partial charge in [-0.15, -0.1) is 0 Å². The van der Waals surface area contributed by atoms with Gasteiger partial charge in [0.05, 0.1) is 5.70 Å². The van der Waals surface area contributed by atoms with Crippen molar-refractivity contribution < 1.29 is 9.73 Å². The van der Waals surface area contributed by atoms with Crippen LogP contribution in [0.25, 0.3) is 5.70 Å². The lowest BCUT2D eigenvalue weighted by Crippen LogP contribution is -2.28. The predicted octanol–water partition coefficient (Wildman–Crippen LogP) is 1.88. The molecule has 80 valence electrons. The van der Waals surface area contributed by atoms with E-state index in [0.29, 0.717) is 10.7 Å². The molecule has 0 unspecified atom stereocenters. The average Bonchev–Trinajstić information content (AvgIpc) is 2.18. The Morgan fingerprint density at radius 1 is 1.33 bits per heavy atom. The van der Waals surface area contributed by atoms with Gasteiger partial charge in [0.25, 0.3) is 0 Å². The Bertz CT molecular complexity index is 362. The maximum Gasteiger partial charge on any atom is 0.242 e. The predicted molar refractivity (Wildman–Crippen MR) is 58.5 cm³/mol. The van der Waals surface area contributed by atoms with E-state index in [9.17, 15) is 4.79 Å². The second kappa shape index (κ2) is 5.38. The van der Waals surface area contributed by atoms with Crippen LogP contribution >= 0.6 is 11.6 Å². The molecule has 2 N–H and O–H groups in total. The first kappa shape index (κ1) is 11.6. The lowest BCUT2D eigenvalue weighted by molar-refractivity contribution is -0.135. The molecule has 0 saturated heterocycles. The van der Waals surface area contributed by atoms with E-state index < -0.39 is 0 Å². The van der Waals surface area contributed by atoms with Gasteiger partial charge in [0.2, 0.25) is 5.91 Å². The van der Waals surface area contributed by atoms with Gasteiger partial charge in [-0.1, -0.05) is 30.3 Å². The van der Waals surface area contributed by atoms with Gasteiger partial charge in [0, 0.05) is 11.9 Å². The molecular weight excluding hydrogens is 216 g/mol. The maximum absolute atomic E-state index is 10.5. The van der Waals surface area contributed by atoms with E-state index >= 15 is 0 Å². The molecule has 0 spiro atoms. The summed E-state index contributed by atoms with van der Waals surface area (Å²) in [5, 5.41) is 0.648. The van der Waals surface area contributed by atoms with Gasteiger partial charge in [-0.25, -0.2) is 11.0 Å². The molecular formula is C10H11ClN2O2. The maximum atomic E-state index is 10.5. The van der Waals surface area contributed by atoms with E-state index in [0.717, 1.165) is 5.56 Å². The fraction of sp³-hybridized carbons (Fsp3) is 0.100. The molecule has 0 aliphatic heterocycles. The molecule has 0 fully saturated rings. The lowest BCUT2D eigenvalue weighted by atomic mass is 10.2. The first-order valence-electron chi connectivity index (χ1n) is 4.23. The van der Waals surface area contributed by atoms with E-state index in [1.807, 2.05) is 0 Å². The Labute approximate surface area is 92.8 Å². The normalized spacial score (nSPS) is 9.47. The van der Waals surface area contributed by atoms with E-state index in [-0.39, 0.29) is 5.91 Å². The van der Waals surface area contributed by atoms with Crippen molar-refractivity contribution in [2.45, 2.75) is 6.92 Å². The summed E-state index contributed by atoms with van der Waals surface area (Å²) in [5.41, 5.74) is 5.95. The number of carbonyl (C=O) groups is 1. The highest BCUT2D eigenvalue weighted by molar-refractivity contribution is 6.30. The topological polar surface area (TPSA) is 50.4 Å². The van der Waals surface area contributed by atoms with Crippen molar-refractivity contribution in [3.05, 3.63) is 41.4 Å². The van der Waals surface area contributed by atoms with Crippen LogP contribution in [-0.2, 0) is 9.73 Å². The van der Waals surface area contributed by atoms with Gasteiger partial charge in [-0.05, 0) is 17.7 Å².